The molecule has 0 aliphatic rings. The van der Waals surface area contributed by atoms with Crippen LogP contribution in [-0.2, 0) is 11.2 Å². The number of aliphatic carboxylic acids is 1. The molecule has 2 amide bonds. The van der Waals surface area contributed by atoms with Gasteiger partial charge in [0, 0.05) is 32.1 Å². The van der Waals surface area contributed by atoms with Crippen molar-refractivity contribution in [1.82, 2.24) is 5.32 Å². The van der Waals surface area contributed by atoms with Crippen LogP contribution in [0.1, 0.15) is 51.0 Å². The molecule has 9 heteroatoms. The van der Waals surface area contributed by atoms with Crippen LogP contribution in [0.15, 0.2) is 42.5 Å². The molecule has 0 fully saturated rings. The molecule has 2 aromatic carbocycles. The molecule has 0 aromatic heterocycles. The van der Waals surface area contributed by atoms with Gasteiger partial charge in [0.2, 0.25) is 0 Å². The van der Waals surface area contributed by atoms with E-state index >= 15 is 0 Å². The first-order valence-corrected chi connectivity index (χ1v) is 11.8. The van der Waals surface area contributed by atoms with Crippen LogP contribution in [0.2, 0.25) is 0 Å². The molecule has 0 bridgehead atoms. The van der Waals surface area contributed by atoms with E-state index in [0.717, 1.165) is 30.4 Å². The Hall–Kier alpha value is -3.23. The molecular weight excluding hydrogens is 461 g/mol. The molecule has 192 valence electrons. The van der Waals surface area contributed by atoms with Gasteiger partial charge < -0.3 is 15.2 Å². The second-order valence-electron chi connectivity index (χ2n) is 8.33. The number of carbonyl (C=O) groups excluding carboxylic acids is 1. The van der Waals surface area contributed by atoms with Crippen molar-refractivity contribution < 1.29 is 32.6 Å². The molecule has 0 radical (unpaired) electrons. The Bertz CT molecular complexity index is 979. The number of carboxylic acid groups (broad SMARTS) is 1. The SMILES string of the molecule is CCCCCNC(=O)N(C)c1cccc(-c2ccc(CCC(=O)O)c(OCCCC(F)(F)F)c2)c1. The maximum Gasteiger partial charge on any atom is 0.389 e. The number of alkyl halides is 3. The lowest BCUT2D eigenvalue weighted by Crippen LogP contribution is -2.37. The van der Waals surface area contributed by atoms with E-state index in [0.29, 0.717) is 23.5 Å². The van der Waals surface area contributed by atoms with Crippen molar-refractivity contribution in [2.24, 2.45) is 0 Å². The van der Waals surface area contributed by atoms with Crippen LogP contribution in [0.25, 0.3) is 11.1 Å². The third-order valence-corrected chi connectivity index (χ3v) is 5.47. The van der Waals surface area contributed by atoms with Crippen molar-refractivity contribution in [2.45, 2.75) is 58.0 Å². The number of urea groups is 1. The summed E-state index contributed by atoms with van der Waals surface area (Å²) < 4.78 is 43.0. The number of amides is 2. The summed E-state index contributed by atoms with van der Waals surface area (Å²) in [7, 11) is 1.68. The van der Waals surface area contributed by atoms with Crippen molar-refractivity contribution >= 4 is 17.7 Å². The van der Waals surface area contributed by atoms with Crippen LogP contribution in [0.4, 0.5) is 23.7 Å². The molecule has 0 unspecified atom stereocenters. The summed E-state index contributed by atoms with van der Waals surface area (Å²) in [5.41, 5.74) is 2.83. The van der Waals surface area contributed by atoms with Crippen LogP contribution in [0, 0.1) is 0 Å². The first kappa shape index (κ1) is 28.0. The van der Waals surface area contributed by atoms with E-state index in [1.54, 1.807) is 19.2 Å². The molecule has 0 atom stereocenters. The number of hydrogen-bond donors (Lipinski definition) is 2. The average Bonchev–Trinajstić information content (AvgIpc) is 2.82. The van der Waals surface area contributed by atoms with E-state index in [4.69, 9.17) is 9.84 Å². The minimum absolute atomic E-state index is 0.119. The number of hydrogen-bond acceptors (Lipinski definition) is 3. The third kappa shape index (κ3) is 9.88. The van der Waals surface area contributed by atoms with Crippen molar-refractivity contribution in [3.8, 4) is 16.9 Å². The number of unbranched alkanes of at least 4 members (excludes halogenated alkanes) is 2. The Morgan fingerprint density at radius 3 is 2.49 bits per heavy atom. The van der Waals surface area contributed by atoms with Gasteiger partial charge in [-0.15, -0.1) is 0 Å². The van der Waals surface area contributed by atoms with Gasteiger partial charge in [-0.1, -0.05) is 44.0 Å². The van der Waals surface area contributed by atoms with Gasteiger partial charge in [0.1, 0.15) is 5.75 Å². The molecular formula is C26H33F3N2O4. The lowest BCUT2D eigenvalue weighted by molar-refractivity contribution is -0.137. The third-order valence-electron chi connectivity index (χ3n) is 5.47. The number of anilines is 1. The second-order valence-corrected chi connectivity index (χ2v) is 8.33. The van der Waals surface area contributed by atoms with E-state index in [2.05, 4.69) is 12.2 Å². The quantitative estimate of drug-likeness (QED) is 0.315. The first-order valence-electron chi connectivity index (χ1n) is 11.8. The van der Waals surface area contributed by atoms with E-state index in [9.17, 15) is 22.8 Å². The molecule has 2 N–H and O–H groups in total. The van der Waals surface area contributed by atoms with E-state index in [1.165, 1.54) is 4.90 Å². The maximum absolute atomic E-state index is 12.5. The average molecular weight is 495 g/mol. The lowest BCUT2D eigenvalue weighted by atomic mass is 10.0. The fourth-order valence-electron chi connectivity index (χ4n) is 3.47. The molecule has 0 aliphatic heterocycles. The van der Waals surface area contributed by atoms with E-state index < -0.39 is 18.6 Å². The summed E-state index contributed by atoms with van der Waals surface area (Å²) in [6.07, 6.45) is -2.30. The minimum atomic E-state index is -4.26. The molecule has 0 spiro atoms. The van der Waals surface area contributed by atoms with Crippen LogP contribution in [-0.4, -0.2) is 43.5 Å². The summed E-state index contributed by atoms with van der Waals surface area (Å²) in [6, 6.07) is 12.4. The number of nitrogens with zero attached hydrogens (tertiary/aromatic N) is 1. The van der Waals surface area contributed by atoms with Crippen LogP contribution in [0.5, 0.6) is 5.75 Å². The van der Waals surface area contributed by atoms with Gasteiger partial charge in [0.05, 0.1) is 6.61 Å². The second kappa shape index (κ2) is 13.6. The van der Waals surface area contributed by atoms with Gasteiger partial charge in [-0.2, -0.15) is 13.2 Å². The molecule has 2 aromatic rings. The number of carbonyl (C=O) groups is 2. The highest BCUT2D eigenvalue weighted by molar-refractivity contribution is 5.92. The number of carboxylic acids is 1. The Labute approximate surface area is 204 Å². The fraction of sp³-hybridized carbons (Fsp3) is 0.462. The standard InChI is InChI=1S/C26H33F3N2O4/c1-3-4-5-15-30-25(34)31(2)22-9-6-8-20(17-22)21-11-10-19(12-13-24(32)33)23(18-21)35-16-7-14-26(27,28)29/h6,8-11,17-18H,3-5,7,12-16H2,1-2H3,(H,30,34)(H,32,33). The Kier molecular flexibility index (Phi) is 10.9. The highest BCUT2D eigenvalue weighted by Gasteiger charge is 2.26. The molecule has 0 aliphatic carbocycles. The largest absolute Gasteiger partial charge is 0.493 e. The highest BCUT2D eigenvalue weighted by atomic mass is 19.4. The molecule has 0 saturated heterocycles. The summed E-state index contributed by atoms with van der Waals surface area (Å²) >= 11 is 0. The molecule has 0 heterocycles. The van der Waals surface area contributed by atoms with Crippen LogP contribution in [0.3, 0.4) is 0 Å². The zero-order chi connectivity index (χ0) is 25.8. The van der Waals surface area contributed by atoms with Crippen molar-refractivity contribution in [3.05, 3.63) is 48.0 Å². The monoisotopic (exact) mass is 494 g/mol. The number of rotatable bonds is 13. The molecule has 6 nitrogen and oxygen atoms in total. The number of halogens is 3. The zero-order valence-corrected chi connectivity index (χ0v) is 20.2. The lowest BCUT2D eigenvalue weighted by Gasteiger charge is -2.19. The van der Waals surface area contributed by atoms with Crippen LogP contribution >= 0.6 is 0 Å². The number of benzene rings is 2. The smallest absolute Gasteiger partial charge is 0.389 e. The van der Waals surface area contributed by atoms with Crippen molar-refractivity contribution in [1.29, 1.82) is 0 Å². The summed E-state index contributed by atoms with van der Waals surface area (Å²) in [5.74, 6) is -0.612. The predicted octanol–water partition coefficient (Wildman–Crippen LogP) is 6.43. The van der Waals surface area contributed by atoms with Gasteiger partial charge >= 0.3 is 18.2 Å². The molecule has 2 rings (SSSR count). The summed E-state index contributed by atoms with van der Waals surface area (Å²) in [6.45, 7) is 2.56. The minimum Gasteiger partial charge on any atom is -0.493 e. The van der Waals surface area contributed by atoms with E-state index in [1.807, 2.05) is 30.3 Å². The van der Waals surface area contributed by atoms with Crippen molar-refractivity contribution in [2.75, 3.05) is 25.1 Å². The van der Waals surface area contributed by atoms with Crippen molar-refractivity contribution in [3.63, 3.8) is 0 Å². The van der Waals surface area contributed by atoms with Gasteiger partial charge in [-0.3, -0.25) is 9.69 Å². The van der Waals surface area contributed by atoms with Gasteiger partial charge in [-0.25, -0.2) is 4.79 Å². The zero-order valence-electron chi connectivity index (χ0n) is 20.2. The first-order chi connectivity index (χ1) is 16.6. The fourth-order valence-corrected chi connectivity index (χ4v) is 3.47. The number of nitrogens with one attached hydrogen (secondary N) is 1. The number of aryl methyl sites for hydroxylation is 1. The molecule has 0 saturated carbocycles. The summed E-state index contributed by atoms with van der Waals surface area (Å²) in [5, 5.41) is 11.9. The van der Waals surface area contributed by atoms with Crippen LogP contribution < -0.4 is 15.0 Å². The van der Waals surface area contributed by atoms with Gasteiger partial charge in [0.15, 0.2) is 0 Å². The Morgan fingerprint density at radius 1 is 1.06 bits per heavy atom. The Balaban J connectivity index is 2.19. The van der Waals surface area contributed by atoms with Gasteiger partial charge in [0.25, 0.3) is 0 Å². The predicted molar refractivity (Wildman–Crippen MR) is 130 cm³/mol. The highest BCUT2D eigenvalue weighted by Crippen LogP contribution is 2.31. The normalized spacial score (nSPS) is 11.2. The van der Waals surface area contributed by atoms with E-state index in [-0.39, 0.29) is 31.9 Å². The summed E-state index contributed by atoms with van der Waals surface area (Å²) in [4.78, 5) is 25.0. The number of ether oxygens (including phenoxy) is 1. The van der Waals surface area contributed by atoms with Gasteiger partial charge in [-0.05, 0) is 54.2 Å². The topological polar surface area (TPSA) is 78.9 Å². The Morgan fingerprint density at radius 2 is 1.80 bits per heavy atom. The molecule has 35 heavy (non-hydrogen) atoms. The maximum atomic E-state index is 12.5.